The first-order valence-electron chi connectivity index (χ1n) is 35.3. The van der Waals surface area contributed by atoms with Crippen LogP contribution in [-0.4, -0.2) is 134 Å². The molecule has 0 amide bonds. The van der Waals surface area contributed by atoms with Gasteiger partial charge in [-0.1, -0.05) is 180 Å². The van der Waals surface area contributed by atoms with Crippen LogP contribution in [0.25, 0.3) is 115 Å². The standard InChI is InChI=1S/2C19H13Cl2N7O3.C18H12Cl2N8O3.C17H11Cl2N9O3/c1-7(2)12-15-14(25-26-17(12)29)9(6-23-15)13-10(20)4-8(5-11(13)21)28-19(31)24-18(30)16(22-3)27-28;1-8(2)13-10-4-5-27(16(10)24-25-17(13)29)14-11(20)6-9(7-12(14)21)28-19(31)23-18(30)15(22-3)26-28;1-7(2)12-9-6-22-28(15(9)24-25-16(12)29)13-10(19)4-8(5-11(13)20)27-18(31)23-17(30)14(21-3)26-27;1-6(2)10-11-14(23-24-15(10)29)28(26-22-11)12-8(18)4-7(5-9(12)19)27-17(31)21-16(30)13(20-3)25-27/h4-7,23H,1-2H3,(H,26,29)(H,24,30,31);4-8H,1-2H3,(H,25,29)(H,23,30,31);4-7H,1-2H3,(H,25,29)(H,23,30,31);4-6H,1-2H3,(H,24,29)(H,21,30,31). The Morgan fingerprint density at radius 1 is 0.363 bits per heavy atom. The molecule has 16 aromatic rings. The predicted molar refractivity (Wildman–Crippen MR) is 458 cm³/mol. The second kappa shape index (κ2) is 34.7. The summed E-state index contributed by atoms with van der Waals surface area (Å²) in [4.78, 5) is 167. The van der Waals surface area contributed by atoms with Crippen LogP contribution in [0.15, 0.2) is 131 Å². The summed E-state index contributed by atoms with van der Waals surface area (Å²) in [6.45, 7) is 43.0. The van der Waals surface area contributed by atoms with Crippen molar-refractivity contribution >= 4 is 160 Å². The highest BCUT2D eigenvalue weighted by Crippen LogP contribution is 2.42. The largest absolute Gasteiger partial charge is 0.365 e. The minimum atomic E-state index is -0.903. The lowest BCUT2D eigenvalue weighted by molar-refractivity contribution is 0.759. The second-order valence-electron chi connectivity index (χ2n) is 27.3. The third kappa shape index (κ3) is 16.2. The number of hydrogen-bond acceptors (Lipinski definition) is 23. The van der Waals surface area contributed by atoms with Gasteiger partial charge >= 0.3 is 46.0 Å². The van der Waals surface area contributed by atoms with Gasteiger partial charge in [-0.15, -0.1) is 23.8 Å². The molecule has 9 N–H and O–H groups in total. The zero-order chi connectivity index (χ0) is 89.8. The monoisotopic (exact) mass is 1830 g/mol. The number of aromatic amines is 9. The summed E-state index contributed by atoms with van der Waals surface area (Å²) in [6.07, 6.45) is 4.83. The number of H-pyrrole nitrogens is 9. The number of hydrogen-bond donors (Lipinski definition) is 9. The average Bonchev–Trinajstić information content (AvgIpc) is 1.66. The Bertz CT molecular complexity index is 7140. The molecule has 12 heterocycles. The summed E-state index contributed by atoms with van der Waals surface area (Å²) in [7, 11) is 0. The second-order valence-corrected chi connectivity index (χ2v) is 30.5. The summed E-state index contributed by atoms with van der Waals surface area (Å²) in [5.74, 6) is -2.32. The topological polar surface area (TPSA) is 541 Å². The number of aromatic nitrogens is 27. The van der Waals surface area contributed by atoms with E-state index in [9.17, 15) is 57.5 Å². The fraction of sp³-hybridized carbons (Fsp3) is 0.164. The molecule has 624 valence electrons. The number of halogens is 8. The highest BCUT2D eigenvalue weighted by atomic mass is 35.5. The van der Waals surface area contributed by atoms with Crippen LogP contribution in [0.1, 0.15) is 101 Å². The number of rotatable bonds is 12. The summed E-state index contributed by atoms with van der Waals surface area (Å²) >= 11 is 51.7. The van der Waals surface area contributed by atoms with Gasteiger partial charge in [0.15, 0.2) is 11.3 Å². The molecule has 0 aliphatic heterocycles. The van der Waals surface area contributed by atoms with Crippen molar-refractivity contribution in [2.75, 3.05) is 0 Å². The lowest BCUT2D eigenvalue weighted by Crippen LogP contribution is -2.30. The Labute approximate surface area is 725 Å². The van der Waals surface area contributed by atoms with Crippen molar-refractivity contribution in [3.05, 3.63) is 306 Å². The normalized spacial score (nSPS) is 11.2. The van der Waals surface area contributed by atoms with E-state index in [1.807, 2.05) is 75.3 Å². The van der Waals surface area contributed by atoms with Crippen LogP contribution in [0.4, 0.5) is 23.3 Å². The fourth-order valence-electron chi connectivity index (χ4n) is 12.9. The number of nitrogens with one attached hydrogen (secondary N) is 9. The molecule has 0 saturated carbocycles. The molecule has 12 aromatic heterocycles. The van der Waals surface area contributed by atoms with Crippen LogP contribution in [0.5, 0.6) is 0 Å². The van der Waals surface area contributed by atoms with Gasteiger partial charge in [-0.25, -0.2) is 44.3 Å². The SMILES string of the molecule is [C-]#[N+]c1nn(-c2cc(Cl)c(-c3c[nH]c4c(C(C)C)c(=O)[nH]nc34)c(Cl)c2)c(=O)[nH]c1=O.[C-]#[N+]c1nn(-c2cc(Cl)c(-n3ccc4c(C(C)C)c(=O)[nH]nc43)c(Cl)c2)c(=O)[nH]c1=O.[C-]#[N+]c1nn(-c2cc(Cl)c(-n3ncc4c(C(C)C)c(=O)[nH]nc43)c(Cl)c2)c(=O)[nH]c1=O.[C-]#[N+]c1nn(-c2cc(Cl)c(-n3nnc4c(C(C)C)c(=O)[nH]nc43)c(Cl)c2)c(=O)[nH]c1=O. The molecular weight excluding hydrogens is 1790 g/mol. The van der Waals surface area contributed by atoms with Crippen LogP contribution < -0.4 is 67.2 Å². The van der Waals surface area contributed by atoms with E-state index in [1.165, 1.54) is 64.1 Å². The van der Waals surface area contributed by atoms with Crippen molar-refractivity contribution < 1.29 is 0 Å². The maximum absolute atomic E-state index is 12.2. The molecule has 16 rings (SSSR count). The van der Waals surface area contributed by atoms with E-state index in [1.54, 1.807) is 23.0 Å². The van der Waals surface area contributed by atoms with Crippen molar-refractivity contribution in [2.45, 2.75) is 79.1 Å². The van der Waals surface area contributed by atoms with E-state index in [-0.39, 0.29) is 126 Å². The van der Waals surface area contributed by atoms with E-state index in [2.05, 4.69) is 101 Å². The first kappa shape index (κ1) is 86.9. The van der Waals surface area contributed by atoms with Crippen LogP contribution in [-0.2, 0) is 0 Å². The van der Waals surface area contributed by atoms with Crippen molar-refractivity contribution in [1.29, 1.82) is 0 Å². The number of nitrogens with zero attached hydrogens (tertiary/aromatic N) is 22. The Balaban J connectivity index is 0.000000142. The number of fused-ring (bicyclic) bond motifs is 4. The predicted octanol–water partition coefficient (Wildman–Crippen LogP) is 10.1. The molecule has 0 fully saturated rings. The molecular formula is C73H49Cl8N31O12. The van der Waals surface area contributed by atoms with Gasteiger partial charge in [0.1, 0.15) is 22.4 Å². The van der Waals surface area contributed by atoms with Gasteiger partial charge in [0.2, 0.25) is 5.65 Å². The first-order chi connectivity index (χ1) is 58.9. The maximum atomic E-state index is 12.2. The van der Waals surface area contributed by atoms with Crippen LogP contribution >= 0.6 is 92.8 Å². The highest BCUT2D eigenvalue weighted by molar-refractivity contribution is 6.41. The summed E-state index contributed by atoms with van der Waals surface area (Å²) in [6, 6.07) is 12.9. The van der Waals surface area contributed by atoms with Gasteiger partial charge in [0.25, 0.3) is 44.5 Å². The Hall–Kier alpha value is -14.9. The highest BCUT2D eigenvalue weighted by Gasteiger charge is 2.28. The minimum absolute atomic E-state index is 0.0340. The van der Waals surface area contributed by atoms with Gasteiger partial charge in [0, 0.05) is 45.6 Å². The third-order valence-electron chi connectivity index (χ3n) is 18.2. The van der Waals surface area contributed by atoms with Gasteiger partial charge < -0.3 is 24.4 Å². The molecule has 0 spiro atoms. The molecule has 0 saturated heterocycles. The van der Waals surface area contributed by atoms with E-state index in [0.717, 1.165) is 18.7 Å². The third-order valence-corrected chi connectivity index (χ3v) is 20.5. The maximum Gasteiger partial charge on any atom is 0.365 e. The van der Waals surface area contributed by atoms with Crippen LogP contribution in [0.3, 0.4) is 0 Å². The molecule has 43 nitrogen and oxygen atoms in total. The lowest BCUT2D eigenvalue weighted by Gasteiger charge is -2.12. The van der Waals surface area contributed by atoms with Gasteiger partial charge in [-0.3, -0.25) is 62.9 Å². The van der Waals surface area contributed by atoms with E-state index >= 15 is 0 Å². The van der Waals surface area contributed by atoms with Crippen molar-refractivity contribution in [1.82, 2.24) is 134 Å². The molecule has 0 aliphatic rings. The summed E-state index contributed by atoms with van der Waals surface area (Å²) in [5, 5.41) is 55.7. The first-order valence-corrected chi connectivity index (χ1v) is 38.4. The Morgan fingerprint density at radius 2 is 0.702 bits per heavy atom. The molecule has 51 heteroatoms. The minimum Gasteiger partial charge on any atom is -0.359 e. The van der Waals surface area contributed by atoms with Crippen molar-refractivity contribution in [3.8, 4) is 50.9 Å². The smallest absolute Gasteiger partial charge is 0.359 e. The molecule has 124 heavy (non-hydrogen) atoms. The quantitative estimate of drug-likeness (QED) is 0.0513. The van der Waals surface area contributed by atoms with Gasteiger partial charge in [-0.2, -0.15) is 30.2 Å². The van der Waals surface area contributed by atoms with E-state index in [0.29, 0.717) is 77.7 Å². The van der Waals surface area contributed by atoms with Gasteiger partial charge in [0.05, 0.1) is 91.3 Å². The van der Waals surface area contributed by atoms with Crippen LogP contribution in [0.2, 0.25) is 40.2 Å². The number of benzene rings is 4. The molecule has 0 radical (unpaired) electrons. The lowest BCUT2D eigenvalue weighted by atomic mass is 10.0. The molecule has 0 aliphatic carbocycles. The molecule has 4 aromatic carbocycles. The Morgan fingerprint density at radius 3 is 1.10 bits per heavy atom. The molecule has 0 atom stereocenters. The zero-order valence-corrected chi connectivity index (χ0v) is 70.0. The Kier molecular flexibility index (Phi) is 24.3. The molecule has 0 bridgehead atoms. The van der Waals surface area contributed by atoms with E-state index in [4.69, 9.17) is 119 Å². The van der Waals surface area contributed by atoms with Crippen molar-refractivity contribution in [2.24, 2.45) is 0 Å². The molecule has 0 unspecified atom stereocenters. The van der Waals surface area contributed by atoms with Crippen molar-refractivity contribution in [3.63, 3.8) is 0 Å². The van der Waals surface area contributed by atoms with Crippen LogP contribution in [0, 0.1) is 26.3 Å². The van der Waals surface area contributed by atoms with E-state index < -0.39 is 68.3 Å². The fourth-order valence-corrected chi connectivity index (χ4v) is 15.5. The summed E-state index contributed by atoms with van der Waals surface area (Å²) in [5.41, 5.74) is -1.39. The average molecular weight is 1840 g/mol. The summed E-state index contributed by atoms with van der Waals surface area (Å²) < 4.78 is 7.53. The zero-order valence-electron chi connectivity index (χ0n) is 64.0. The van der Waals surface area contributed by atoms with Gasteiger partial charge in [-0.05, 0) is 98.7 Å².